The molecule has 1 aromatic rings. The quantitative estimate of drug-likeness (QED) is 0.835. The molecule has 3 heteroatoms. The van der Waals surface area contributed by atoms with Gasteiger partial charge < -0.3 is 10.2 Å². The van der Waals surface area contributed by atoms with Crippen molar-refractivity contribution in [2.75, 3.05) is 32.0 Å². The summed E-state index contributed by atoms with van der Waals surface area (Å²) in [6.45, 7) is 5.68. The van der Waals surface area contributed by atoms with Gasteiger partial charge in [-0.3, -0.25) is 0 Å². The molecule has 1 unspecified atom stereocenters. The van der Waals surface area contributed by atoms with Crippen molar-refractivity contribution < 1.29 is 0 Å². The normalized spacial score (nSPS) is 24.9. The first-order chi connectivity index (χ1) is 8.66. The van der Waals surface area contributed by atoms with Crippen LogP contribution >= 0.6 is 11.6 Å². The second kappa shape index (κ2) is 4.75. The number of anilines is 1. The van der Waals surface area contributed by atoms with Crippen molar-refractivity contribution in [2.24, 2.45) is 5.92 Å². The third kappa shape index (κ3) is 2.02. The van der Waals surface area contributed by atoms with Crippen LogP contribution in [0.4, 0.5) is 5.69 Å². The van der Waals surface area contributed by atoms with Crippen LogP contribution in [0.25, 0.3) is 0 Å². The number of fused-ring (bicyclic) bond motifs is 1. The minimum absolute atomic E-state index is 0.685. The zero-order valence-electron chi connectivity index (χ0n) is 11.2. The molecule has 2 heterocycles. The maximum atomic E-state index is 6.20. The van der Waals surface area contributed by atoms with Crippen LogP contribution in [0.2, 0.25) is 5.02 Å². The van der Waals surface area contributed by atoms with Gasteiger partial charge in [0.25, 0.3) is 0 Å². The molecule has 2 nitrogen and oxygen atoms in total. The Morgan fingerprint density at radius 2 is 2.00 bits per heavy atom. The molecule has 0 spiro atoms. The van der Waals surface area contributed by atoms with Gasteiger partial charge in [0.15, 0.2) is 0 Å². The summed E-state index contributed by atoms with van der Waals surface area (Å²) in [6, 6.07) is 4.29. The first-order valence-electron chi connectivity index (χ1n) is 6.88. The summed E-state index contributed by atoms with van der Waals surface area (Å²) in [6.07, 6.45) is 2.65. The molecule has 98 valence electrons. The molecule has 0 amide bonds. The molecular weight excluding hydrogens is 244 g/mol. The van der Waals surface area contributed by atoms with E-state index < -0.39 is 0 Å². The smallest absolute Gasteiger partial charge is 0.0455 e. The molecule has 1 saturated heterocycles. The van der Waals surface area contributed by atoms with E-state index >= 15 is 0 Å². The van der Waals surface area contributed by atoms with E-state index in [1.807, 2.05) is 0 Å². The molecule has 2 aliphatic heterocycles. The Morgan fingerprint density at radius 3 is 2.72 bits per heavy atom. The van der Waals surface area contributed by atoms with Gasteiger partial charge in [0.2, 0.25) is 0 Å². The first kappa shape index (κ1) is 12.3. The zero-order chi connectivity index (χ0) is 12.7. The number of hydrogen-bond donors (Lipinski definition) is 1. The van der Waals surface area contributed by atoms with E-state index in [-0.39, 0.29) is 0 Å². The molecule has 0 radical (unpaired) electrons. The molecule has 18 heavy (non-hydrogen) atoms. The predicted octanol–water partition coefficient (Wildman–Crippen LogP) is 3.50. The van der Waals surface area contributed by atoms with Crippen LogP contribution < -0.4 is 5.32 Å². The Morgan fingerprint density at radius 1 is 1.28 bits per heavy atom. The number of nitrogens with zero attached hydrogens (tertiary/aromatic N) is 1. The van der Waals surface area contributed by atoms with E-state index in [1.54, 1.807) is 0 Å². The fourth-order valence-electron chi connectivity index (χ4n) is 3.42. The highest BCUT2D eigenvalue weighted by Gasteiger charge is 2.32. The van der Waals surface area contributed by atoms with Gasteiger partial charge in [-0.25, -0.2) is 0 Å². The largest absolute Gasteiger partial charge is 0.384 e. The van der Waals surface area contributed by atoms with E-state index in [2.05, 4.69) is 36.3 Å². The van der Waals surface area contributed by atoms with Crippen LogP contribution in [0.1, 0.15) is 29.9 Å². The Kier molecular flexibility index (Phi) is 3.25. The fourth-order valence-corrected chi connectivity index (χ4v) is 3.58. The highest BCUT2D eigenvalue weighted by atomic mass is 35.5. The number of halogens is 1. The molecule has 1 fully saturated rings. The molecule has 1 atom stereocenters. The summed E-state index contributed by atoms with van der Waals surface area (Å²) in [5.41, 5.74) is 4.00. The van der Waals surface area contributed by atoms with Gasteiger partial charge in [-0.05, 0) is 63.0 Å². The number of benzene rings is 1. The Balaban J connectivity index is 1.84. The maximum absolute atomic E-state index is 6.20. The van der Waals surface area contributed by atoms with Crippen LogP contribution in [0.5, 0.6) is 0 Å². The summed E-state index contributed by atoms with van der Waals surface area (Å²) in [5.74, 6) is 1.51. The van der Waals surface area contributed by atoms with Gasteiger partial charge >= 0.3 is 0 Å². The van der Waals surface area contributed by atoms with Crippen molar-refractivity contribution in [3.8, 4) is 0 Å². The molecular formula is C15H21ClN2. The average Bonchev–Trinajstić information content (AvgIpc) is 2.79. The summed E-state index contributed by atoms with van der Waals surface area (Å²) in [4.78, 5) is 2.44. The third-order valence-electron chi connectivity index (χ3n) is 4.66. The average molecular weight is 265 g/mol. The topological polar surface area (TPSA) is 15.3 Å². The van der Waals surface area contributed by atoms with Crippen LogP contribution in [-0.2, 0) is 0 Å². The van der Waals surface area contributed by atoms with E-state index in [1.165, 1.54) is 42.7 Å². The standard InChI is InChI=1S/C15H21ClN2/c1-10-14(16)4-3-12-13(9-17-15(10)12)11-5-7-18(2)8-6-11/h3-4,11,13,17H,5-9H2,1-2H3. The minimum Gasteiger partial charge on any atom is -0.384 e. The maximum Gasteiger partial charge on any atom is 0.0455 e. The number of piperidine rings is 1. The van der Waals surface area contributed by atoms with Crippen LogP contribution in [0.3, 0.4) is 0 Å². The van der Waals surface area contributed by atoms with Crippen molar-refractivity contribution >= 4 is 17.3 Å². The molecule has 3 rings (SSSR count). The second-order valence-electron chi connectivity index (χ2n) is 5.76. The van der Waals surface area contributed by atoms with E-state index in [4.69, 9.17) is 11.6 Å². The lowest BCUT2D eigenvalue weighted by molar-refractivity contribution is 0.202. The van der Waals surface area contributed by atoms with Crippen molar-refractivity contribution in [2.45, 2.75) is 25.7 Å². The Labute approximate surface area is 114 Å². The highest BCUT2D eigenvalue weighted by molar-refractivity contribution is 6.31. The van der Waals surface area contributed by atoms with Gasteiger partial charge in [0.1, 0.15) is 0 Å². The van der Waals surface area contributed by atoms with E-state index in [0.717, 1.165) is 17.5 Å². The van der Waals surface area contributed by atoms with Crippen molar-refractivity contribution in [1.82, 2.24) is 4.90 Å². The third-order valence-corrected chi connectivity index (χ3v) is 5.07. The monoisotopic (exact) mass is 264 g/mol. The number of nitrogens with one attached hydrogen (secondary N) is 1. The fraction of sp³-hybridized carbons (Fsp3) is 0.600. The number of rotatable bonds is 1. The summed E-state index contributed by atoms with van der Waals surface area (Å²) >= 11 is 6.20. The van der Waals surface area contributed by atoms with Crippen molar-refractivity contribution in [3.63, 3.8) is 0 Å². The minimum atomic E-state index is 0.685. The summed E-state index contributed by atoms with van der Waals surface area (Å²) in [5, 5.41) is 4.45. The molecule has 2 aliphatic rings. The Bertz CT molecular complexity index is 450. The number of likely N-dealkylation sites (tertiary alicyclic amines) is 1. The highest BCUT2D eigenvalue weighted by Crippen LogP contribution is 2.43. The number of hydrogen-bond acceptors (Lipinski definition) is 2. The van der Waals surface area contributed by atoms with Crippen LogP contribution in [0, 0.1) is 12.8 Å². The molecule has 0 bridgehead atoms. The SMILES string of the molecule is Cc1c(Cl)ccc2c1NCC2C1CCN(C)CC1. The van der Waals surface area contributed by atoms with Gasteiger partial charge in [-0.1, -0.05) is 17.7 Å². The van der Waals surface area contributed by atoms with Crippen molar-refractivity contribution in [3.05, 3.63) is 28.3 Å². The Hall–Kier alpha value is -0.730. The lowest BCUT2D eigenvalue weighted by Gasteiger charge is -2.32. The van der Waals surface area contributed by atoms with Crippen LogP contribution in [0.15, 0.2) is 12.1 Å². The van der Waals surface area contributed by atoms with Gasteiger partial charge in [-0.15, -0.1) is 0 Å². The van der Waals surface area contributed by atoms with Crippen molar-refractivity contribution in [1.29, 1.82) is 0 Å². The zero-order valence-corrected chi connectivity index (χ0v) is 11.9. The molecule has 0 saturated carbocycles. The van der Waals surface area contributed by atoms with Crippen LogP contribution in [-0.4, -0.2) is 31.6 Å². The lowest BCUT2D eigenvalue weighted by Crippen LogP contribution is -2.33. The summed E-state index contributed by atoms with van der Waals surface area (Å²) < 4.78 is 0. The lowest BCUT2D eigenvalue weighted by atomic mass is 9.81. The second-order valence-corrected chi connectivity index (χ2v) is 6.17. The molecule has 0 aliphatic carbocycles. The first-order valence-corrected chi connectivity index (χ1v) is 7.26. The molecule has 1 N–H and O–H groups in total. The van der Waals surface area contributed by atoms with E-state index in [9.17, 15) is 0 Å². The molecule has 1 aromatic carbocycles. The van der Waals surface area contributed by atoms with Gasteiger partial charge in [-0.2, -0.15) is 0 Å². The molecule has 0 aromatic heterocycles. The summed E-state index contributed by atoms with van der Waals surface area (Å²) in [7, 11) is 2.22. The van der Waals surface area contributed by atoms with Gasteiger partial charge in [0.05, 0.1) is 0 Å². The van der Waals surface area contributed by atoms with Gasteiger partial charge in [0, 0.05) is 23.2 Å². The predicted molar refractivity (Wildman–Crippen MR) is 77.6 cm³/mol. The van der Waals surface area contributed by atoms with E-state index in [0.29, 0.717) is 5.92 Å².